The monoisotopic (exact) mass is 242 g/mol. The lowest BCUT2D eigenvalue weighted by molar-refractivity contribution is -0.146. The molecule has 0 spiro atoms. The molecule has 2 fully saturated rings. The molecule has 0 bridgehead atoms. The first-order valence-electron chi connectivity index (χ1n) is 6.32. The van der Waals surface area contributed by atoms with Crippen LogP contribution in [0.5, 0.6) is 0 Å². The van der Waals surface area contributed by atoms with E-state index in [1.807, 2.05) is 4.90 Å². The normalized spacial score (nSPS) is 28.4. The average Bonchev–Trinajstić information content (AvgIpc) is 2.87. The highest BCUT2D eigenvalue weighted by atomic mass is 16.5. The Morgan fingerprint density at radius 3 is 2.76 bits per heavy atom. The average molecular weight is 242 g/mol. The standard InChI is InChI=1S/C12H22N2O3/c1-16-10-2-5-14(8-10)11(15)12(9-13)3-6-17-7-4-12/h10H,2-9,13H2,1H3. The van der Waals surface area contributed by atoms with Crippen LogP contribution in [-0.2, 0) is 14.3 Å². The summed E-state index contributed by atoms with van der Waals surface area (Å²) in [5, 5.41) is 0. The van der Waals surface area contributed by atoms with Crippen LogP contribution in [-0.4, -0.2) is 56.9 Å². The molecule has 98 valence electrons. The molecule has 0 aromatic heterocycles. The van der Waals surface area contributed by atoms with Gasteiger partial charge in [-0.3, -0.25) is 4.79 Å². The zero-order valence-electron chi connectivity index (χ0n) is 10.5. The fourth-order valence-electron chi connectivity index (χ4n) is 2.71. The van der Waals surface area contributed by atoms with Crippen LogP contribution in [0.1, 0.15) is 19.3 Å². The van der Waals surface area contributed by atoms with Gasteiger partial charge in [0.2, 0.25) is 5.91 Å². The van der Waals surface area contributed by atoms with Gasteiger partial charge in [-0.2, -0.15) is 0 Å². The minimum Gasteiger partial charge on any atom is -0.381 e. The van der Waals surface area contributed by atoms with Gasteiger partial charge in [0.15, 0.2) is 0 Å². The van der Waals surface area contributed by atoms with Crippen molar-refractivity contribution >= 4 is 5.91 Å². The van der Waals surface area contributed by atoms with Gasteiger partial charge in [0.1, 0.15) is 0 Å². The van der Waals surface area contributed by atoms with E-state index in [0.29, 0.717) is 26.3 Å². The van der Waals surface area contributed by atoms with E-state index in [1.165, 1.54) is 0 Å². The predicted molar refractivity (Wildman–Crippen MR) is 63.5 cm³/mol. The van der Waals surface area contributed by atoms with Crippen LogP contribution >= 0.6 is 0 Å². The minimum atomic E-state index is -0.388. The third kappa shape index (κ3) is 2.46. The summed E-state index contributed by atoms with van der Waals surface area (Å²) in [5.74, 6) is 0.197. The van der Waals surface area contributed by atoms with Crippen LogP contribution in [0.25, 0.3) is 0 Å². The summed E-state index contributed by atoms with van der Waals surface area (Å²) in [5.41, 5.74) is 5.45. The molecule has 2 N–H and O–H groups in total. The molecule has 0 aliphatic carbocycles. The van der Waals surface area contributed by atoms with Crippen LogP contribution < -0.4 is 5.73 Å². The first-order valence-corrected chi connectivity index (χ1v) is 6.32. The third-order valence-electron chi connectivity index (χ3n) is 4.06. The highest BCUT2D eigenvalue weighted by molar-refractivity contribution is 5.83. The maximum atomic E-state index is 12.5. The van der Waals surface area contributed by atoms with E-state index >= 15 is 0 Å². The molecule has 5 nitrogen and oxygen atoms in total. The van der Waals surface area contributed by atoms with Crippen LogP contribution in [0.2, 0.25) is 0 Å². The number of likely N-dealkylation sites (tertiary alicyclic amines) is 1. The number of carbonyl (C=O) groups excluding carboxylic acids is 1. The van der Waals surface area contributed by atoms with E-state index in [2.05, 4.69) is 0 Å². The van der Waals surface area contributed by atoms with E-state index in [1.54, 1.807) is 7.11 Å². The molecule has 2 heterocycles. The Hall–Kier alpha value is -0.650. The zero-order valence-corrected chi connectivity index (χ0v) is 10.5. The SMILES string of the molecule is COC1CCN(C(=O)C2(CN)CCOCC2)C1. The molecule has 0 radical (unpaired) electrons. The number of methoxy groups -OCH3 is 1. The Morgan fingerprint density at radius 2 is 2.24 bits per heavy atom. The Kier molecular flexibility index (Phi) is 4.01. The van der Waals surface area contributed by atoms with E-state index in [0.717, 1.165) is 25.8 Å². The van der Waals surface area contributed by atoms with Crippen molar-refractivity contribution in [2.45, 2.75) is 25.4 Å². The zero-order chi connectivity index (χ0) is 12.3. The fraction of sp³-hybridized carbons (Fsp3) is 0.917. The summed E-state index contributed by atoms with van der Waals surface area (Å²) >= 11 is 0. The van der Waals surface area contributed by atoms with Crippen molar-refractivity contribution in [2.75, 3.05) is 40.0 Å². The van der Waals surface area contributed by atoms with Gasteiger partial charge >= 0.3 is 0 Å². The maximum Gasteiger partial charge on any atom is 0.230 e. The van der Waals surface area contributed by atoms with Crippen molar-refractivity contribution < 1.29 is 14.3 Å². The fourth-order valence-corrected chi connectivity index (χ4v) is 2.71. The van der Waals surface area contributed by atoms with Gasteiger partial charge in [-0.1, -0.05) is 0 Å². The lowest BCUT2D eigenvalue weighted by Gasteiger charge is -2.37. The van der Waals surface area contributed by atoms with Crippen LogP contribution in [0.15, 0.2) is 0 Å². The predicted octanol–water partition coefficient (Wildman–Crippen LogP) is -0.0108. The second-order valence-corrected chi connectivity index (χ2v) is 4.99. The van der Waals surface area contributed by atoms with Crippen molar-refractivity contribution in [3.05, 3.63) is 0 Å². The Balaban J connectivity index is 2.02. The lowest BCUT2D eigenvalue weighted by Crippen LogP contribution is -2.50. The number of hydrogen-bond donors (Lipinski definition) is 1. The van der Waals surface area contributed by atoms with Gasteiger partial charge in [-0.05, 0) is 19.3 Å². The summed E-state index contributed by atoms with van der Waals surface area (Å²) in [4.78, 5) is 14.5. The Morgan fingerprint density at radius 1 is 1.53 bits per heavy atom. The van der Waals surface area contributed by atoms with Crippen LogP contribution in [0.3, 0.4) is 0 Å². The summed E-state index contributed by atoms with van der Waals surface area (Å²) < 4.78 is 10.6. The highest BCUT2D eigenvalue weighted by Gasteiger charge is 2.43. The largest absolute Gasteiger partial charge is 0.381 e. The molecule has 0 aromatic carbocycles. The Labute approximate surface area is 102 Å². The summed E-state index contributed by atoms with van der Waals surface area (Å²) in [6.07, 6.45) is 2.61. The van der Waals surface area contributed by atoms with Crippen LogP contribution in [0.4, 0.5) is 0 Å². The number of rotatable bonds is 3. The maximum absolute atomic E-state index is 12.5. The van der Waals surface area contributed by atoms with E-state index in [-0.39, 0.29) is 17.4 Å². The molecule has 2 aliphatic rings. The van der Waals surface area contributed by atoms with Gasteiger partial charge in [0.05, 0.1) is 11.5 Å². The minimum absolute atomic E-state index is 0.189. The van der Waals surface area contributed by atoms with Gasteiger partial charge in [-0.25, -0.2) is 0 Å². The van der Waals surface area contributed by atoms with Crippen molar-refractivity contribution in [3.63, 3.8) is 0 Å². The molecule has 1 atom stereocenters. The number of ether oxygens (including phenoxy) is 2. The lowest BCUT2D eigenvalue weighted by atomic mass is 9.79. The Bertz CT molecular complexity index is 277. The van der Waals surface area contributed by atoms with Gasteiger partial charge in [-0.15, -0.1) is 0 Å². The molecular weight excluding hydrogens is 220 g/mol. The second-order valence-electron chi connectivity index (χ2n) is 4.99. The molecule has 0 aromatic rings. The van der Waals surface area contributed by atoms with Crippen molar-refractivity contribution in [1.29, 1.82) is 0 Å². The topological polar surface area (TPSA) is 64.8 Å². The summed E-state index contributed by atoms with van der Waals surface area (Å²) in [6.45, 7) is 3.20. The van der Waals surface area contributed by atoms with Crippen molar-refractivity contribution in [2.24, 2.45) is 11.1 Å². The number of nitrogens with zero attached hydrogens (tertiary/aromatic N) is 1. The first kappa shape index (κ1) is 12.8. The van der Waals surface area contributed by atoms with E-state index in [4.69, 9.17) is 15.2 Å². The van der Waals surface area contributed by atoms with Crippen molar-refractivity contribution in [1.82, 2.24) is 4.90 Å². The summed E-state index contributed by atoms with van der Waals surface area (Å²) in [7, 11) is 1.70. The van der Waals surface area contributed by atoms with Gasteiger partial charge < -0.3 is 20.1 Å². The van der Waals surface area contributed by atoms with E-state index in [9.17, 15) is 4.79 Å². The van der Waals surface area contributed by atoms with Gasteiger partial charge in [0.25, 0.3) is 0 Å². The third-order valence-corrected chi connectivity index (χ3v) is 4.06. The first-order chi connectivity index (χ1) is 8.22. The molecule has 0 saturated carbocycles. The van der Waals surface area contributed by atoms with E-state index < -0.39 is 0 Å². The number of amides is 1. The molecule has 1 amide bonds. The van der Waals surface area contributed by atoms with Crippen molar-refractivity contribution in [3.8, 4) is 0 Å². The smallest absolute Gasteiger partial charge is 0.230 e. The van der Waals surface area contributed by atoms with Crippen LogP contribution in [0, 0.1) is 5.41 Å². The quantitative estimate of drug-likeness (QED) is 0.756. The molecule has 2 rings (SSSR count). The second kappa shape index (κ2) is 5.33. The highest BCUT2D eigenvalue weighted by Crippen LogP contribution is 2.33. The van der Waals surface area contributed by atoms with Gasteiger partial charge in [0, 0.05) is 40.0 Å². The molecule has 5 heteroatoms. The molecule has 1 unspecified atom stereocenters. The number of nitrogens with two attached hydrogens (primary N) is 1. The molecule has 2 aliphatic heterocycles. The number of hydrogen-bond acceptors (Lipinski definition) is 4. The molecule has 17 heavy (non-hydrogen) atoms. The molecule has 2 saturated heterocycles. The number of carbonyl (C=O) groups is 1. The summed E-state index contributed by atoms with van der Waals surface area (Å²) in [6, 6.07) is 0. The molecular formula is C12H22N2O3.